The topological polar surface area (TPSA) is 86.3 Å². The molecule has 0 aliphatic carbocycles. The summed E-state index contributed by atoms with van der Waals surface area (Å²) < 4.78 is 0. The number of nitro benzene ring substituents is 2. The maximum Gasteiger partial charge on any atom is 0.277 e. The number of benzene rings is 6. The van der Waals surface area contributed by atoms with Crippen molar-refractivity contribution in [3.63, 3.8) is 0 Å². The van der Waals surface area contributed by atoms with Gasteiger partial charge in [0.2, 0.25) is 0 Å². The zero-order chi connectivity index (χ0) is 23.4. The van der Waals surface area contributed by atoms with Gasteiger partial charge in [0.25, 0.3) is 11.4 Å². The second-order valence-corrected chi connectivity index (χ2v) is 8.20. The Labute approximate surface area is 193 Å². The molecular formula is C28H16N2O4. The van der Waals surface area contributed by atoms with Crippen LogP contribution in [-0.2, 0) is 0 Å². The van der Waals surface area contributed by atoms with Crippen LogP contribution in [0.5, 0.6) is 0 Å². The van der Waals surface area contributed by atoms with E-state index < -0.39 is 0 Å². The minimum Gasteiger partial charge on any atom is -0.258 e. The van der Waals surface area contributed by atoms with Crippen LogP contribution in [0.3, 0.4) is 0 Å². The molecule has 0 fully saturated rings. The lowest BCUT2D eigenvalue weighted by Crippen LogP contribution is -1.94. The van der Waals surface area contributed by atoms with Gasteiger partial charge >= 0.3 is 0 Å². The van der Waals surface area contributed by atoms with Crippen LogP contribution in [0.15, 0.2) is 97.1 Å². The third-order valence-corrected chi connectivity index (χ3v) is 6.45. The molecule has 6 nitrogen and oxygen atoms in total. The molecule has 6 heteroatoms. The molecule has 0 amide bonds. The molecule has 0 aromatic heterocycles. The van der Waals surface area contributed by atoms with Gasteiger partial charge in [-0.15, -0.1) is 0 Å². The molecule has 0 spiro atoms. The molecule has 34 heavy (non-hydrogen) atoms. The summed E-state index contributed by atoms with van der Waals surface area (Å²) in [6, 6.07) is 29.3. The molecule has 0 N–H and O–H groups in total. The van der Waals surface area contributed by atoms with Crippen molar-refractivity contribution in [3.05, 3.63) is 117 Å². The number of para-hydroxylation sites is 2. The van der Waals surface area contributed by atoms with Crippen molar-refractivity contribution in [2.75, 3.05) is 0 Å². The lowest BCUT2D eigenvalue weighted by Gasteiger charge is -2.16. The van der Waals surface area contributed by atoms with Gasteiger partial charge in [-0.25, -0.2) is 0 Å². The molecule has 6 aromatic rings. The average Bonchev–Trinajstić information content (AvgIpc) is 2.87. The minimum absolute atomic E-state index is 0.0538. The minimum atomic E-state index is -0.361. The van der Waals surface area contributed by atoms with E-state index in [0.717, 1.165) is 43.4 Å². The first kappa shape index (κ1) is 19.8. The van der Waals surface area contributed by atoms with Crippen molar-refractivity contribution in [1.82, 2.24) is 0 Å². The summed E-state index contributed by atoms with van der Waals surface area (Å²) in [6.45, 7) is 0. The molecule has 0 saturated heterocycles. The van der Waals surface area contributed by atoms with Gasteiger partial charge in [0.05, 0.1) is 21.0 Å². The van der Waals surface area contributed by atoms with Crippen LogP contribution in [0.2, 0.25) is 0 Å². The largest absolute Gasteiger partial charge is 0.277 e. The fourth-order valence-electron chi connectivity index (χ4n) is 4.99. The van der Waals surface area contributed by atoms with Gasteiger partial charge in [0, 0.05) is 12.1 Å². The molecular weight excluding hydrogens is 428 g/mol. The van der Waals surface area contributed by atoms with E-state index >= 15 is 0 Å². The fraction of sp³-hybridized carbons (Fsp3) is 0. The monoisotopic (exact) mass is 444 g/mol. The van der Waals surface area contributed by atoms with Crippen LogP contribution < -0.4 is 0 Å². The van der Waals surface area contributed by atoms with Gasteiger partial charge < -0.3 is 0 Å². The molecule has 0 saturated carbocycles. The maximum atomic E-state index is 11.7. The Morgan fingerprint density at radius 2 is 0.824 bits per heavy atom. The van der Waals surface area contributed by atoms with E-state index in [2.05, 4.69) is 0 Å². The number of nitrogens with zero attached hydrogens (tertiary/aromatic N) is 2. The zero-order valence-corrected chi connectivity index (χ0v) is 17.8. The second-order valence-electron chi connectivity index (χ2n) is 8.20. The second kappa shape index (κ2) is 7.35. The van der Waals surface area contributed by atoms with E-state index in [9.17, 15) is 20.2 Å². The van der Waals surface area contributed by atoms with E-state index in [4.69, 9.17) is 0 Å². The number of hydrogen-bond acceptors (Lipinski definition) is 4. The lowest BCUT2D eigenvalue weighted by molar-refractivity contribution is -0.384. The smallest absolute Gasteiger partial charge is 0.258 e. The number of nitro groups is 2. The van der Waals surface area contributed by atoms with Crippen LogP contribution in [0.1, 0.15) is 0 Å². The number of hydrogen-bond donors (Lipinski definition) is 0. The first-order chi connectivity index (χ1) is 16.5. The van der Waals surface area contributed by atoms with Crippen molar-refractivity contribution in [2.45, 2.75) is 0 Å². The van der Waals surface area contributed by atoms with E-state index in [-0.39, 0.29) is 21.2 Å². The summed E-state index contributed by atoms with van der Waals surface area (Å²) in [5.41, 5.74) is 2.79. The van der Waals surface area contributed by atoms with Crippen molar-refractivity contribution in [1.29, 1.82) is 0 Å². The SMILES string of the molecule is O=[N+]([O-])c1ccccc1-c1ccc2ccc3c(-c4ccccc4[N+](=O)[O-])ccc4ccc1c2c43. The van der Waals surface area contributed by atoms with Gasteiger partial charge in [-0.3, -0.25) is 20.2 Å². The Morgan fingerprint density at radius 1 is 0.441 bits per heavy atom. The van der Waals surface area contributed by atoms with Crippen LogP contribution in [0.25, 0.3) is 54.6 Å². The van der Waals surface area contributed by atoms with Gasteiger partial charge in [0.1, 0.15) is 0 Å². The molecule has 0 aliphatic heterocycles. The molecule has 0 atom stereocenters. The first-order valence-corrected chi connectivity index (χ1v) is 10.7. The molecule has 162 valence electrons. The highest BCUT2D eigenvalue weighted by Crippen LogP contribution is 2.44. The summed E-state index contributed by atoms with van der Waals surface area (Å²) in [5, 5.41) is 29.2. The van der Waals surface area contributed by atoms with Crippen molar-refractivity contribution >= 4 is 43.7 Å². The van der Waals surface area contributed by atoms with Crippen LogP contribution >= 0.6 is 0 Å². The predicted molar refractivity (Wildman–Crippen MR) is 134 cm³/mol. The maximum absolute atomic E-state index is 11.7. The molecule has 0 aliphatic rings. The quantitative estimate of drug-likeness (QED) is 0.158. The summed E-state index contributed by atoms with van der Waals surface area (Å²) in [5.74, 6) is 0. The van der Waals surface area contributed by atoms with E-state index in [0.29, 0.717) is 11.1 Å². The highest BCUT2D eigenvalue weighted by Gasteiger charge is 2.21. The molecule has 0 radical (unpaired) electrons. The summed E-state index contributed by atoms with van der Waals surface area (Å²) >= 11 is 0. The van der Waals surface area contributed by atoms with Gasteiger partial charge in [-0.1, -0.05) is 72.8 Å². The Bertz CT molecular complexity index is 1640. The standard InChI is InChI=1S/C28H16N2O4/c31-29(32)25-7-3-1-5-21(25)19-13-9-17-12-16-24-20(22-6-2-4-8-26(22)30(33)34)14-10-18-11-15-23(19)27(17)28(18)24/h1-16H. The average molecular weight is 444 g/mol. The van der Waals surface area contributed by atoms with Crippen molar-refractivity contribution in [3.8, 4) is 22.3 Å². The summed E-state index contributed by atoms with van der Waals surface area (Å²) in [4.78, 5) is 22.7. The third-order valence-electron chi connectivity index (χ3n) is 6.45. The molecule has 6 rings (SSSR count). The van der Waals surface area contributed by atoms with Crippen molar-refractivity contribution in [2.24, 2.45) is 0 Å². The fourth-order valence-corrected chi connectivity index (χ4v) is 4.99. The van der Waals surface area contributed by atoms with Crippen LogP contribution in [-0.4, -0.2) is 9.85 Å². The third kappa shape index (κ3) is 2.82. The lowest BCUT2D eigenvalue weighted by atomic mass is 9.87. The van der Waals surface area contributed by atoms with Crippen LogP contribution in [0, 0.1) is 20.2 Å². The van der Waals surface area contributed by atoms with Crippen LogP contribution in [0.4, 0.5) is 11.4 Å². The van der Waals surface area contributed by atoms with Gasteiger partial charge in [-0.05, 0) is 55.6 Å². The predicted octanol–water partition coefficient (Wildman–Crippen LogP) is 7.73. The van der Waals surface area contributed by atoms with E-state index in [1.165, 1.54) is 12.1 Å². The Hall–Kier alpha value is -4.84. The zero-order valence-electron chi connectivity index (χ0n) is 17.8. The molecule has 6 aromatic carbocycles. The van der Waals surface area contributed by atoms with Gasteiger partial charge in [-0.2, -0.15) is 0 Å². The molecule has 0 bridgehead atoms. The van der Waals surface area contributed by atoms with E-state index in [1.54, 1.807) is 36.4 Å². The molecule has 0 unspecified atom stereocenters. The Kier molecular flexibility index (Phi) is 4.28. The summed E-state index contributed by atoms with van der Waals surface area (Å²) in [7, 11) is 0. The van der Waals surface area contributed by atoms with E-state index in [1.807, 2.05) is 48.5 Å². The highest BCUT2D eigenvalue weighted by molar-refractivity contribution is 6.27. The first-order valence-electron chi connectivity index (χ1n) is 10.7. The Balaban J connectivity index is 1.73. The molecule has 0 heterocycles. The van der Waals surface area contributed by atoms with Gasteiger partial charge in [0.15, 0.2) is 0 Å². The Morgan fingerprint density at radius 3 is 1.24 bits per heavy atom. The highest BCUT2D eigenvalue weighted by atomic mass is 16.6. The summed E-state index contributed by atoms with van der Waals surface area (Å²) in [6.07, 6.45) is 0. The normalized spacial score (nSPS) is 11.4. The number of rotatable bonds is 4. The van der Waals surface area contributed by atoms with Crippen molar-refractivity contribution < 1.29 is 9.85 Å².